The number of rotatable bonds is 2. The van der Waals surface area contributed by atoms with Crippen molar-refractivity contribution >= 4 is 22.8 Å². The monoisotopic (exact) mass is 252 g/mol. The molecule has 2 heterocycles. The Labute approximate surface area is 98.8 Å². The number of aromatic nitrogens is 2. The number of aromatic amines is 1. The van der Waals surface area contributed by atoms with Crippen LogP contribution in [0.25, 0.3) is 11.0 Å². The van der Waals surface area contributed by atoms with Crippen LogP contribution in [0.3, 0.4) is 0 Å². The highest BCUT2D eigenvalue weighted by atomic mass is 32.2. The Morgan fingerprint density at radius 2 is 2.18 bits per heavy atom. The van der Waals surface area contributed by atoms with Crippen molar-refractivity contribution in [3.8, 4) is 0 Å². The molecular formula is C11H6F2N2OS. The summed E-state index contributed by atoms with van der Waals surface area (Å²) in [5.41, 5.74) is 0.456. The van der Waals surface area contributed by atoms with E-state index < -0.39 is 11.6 Å². The summed E-state index contributed by atoms with van der Waals surface area (Å²) in [4.78, 5) is 6.86. The molecule has 0 unspecified atom stereocenters. The smallest absolute Gasteiger partial charge is 0.174 e. The van der Waals surface area contributed by atoms with Gasteiger partial charge in [0.25, 0.3) is 0 Å². The molecule has 2 aromatic heterocycles. The molecule has 86 valence electrons. The first-order valence-electron chi connectivity index (χ1n) is 4.78. The van der Waals surface area contributed by atoms with Crippen molar-refractivity contribution in [2.45, 2.75) is 10.2 Å². The fourth-order valence-corrected chi connectivity index (χ4v) is 2.22. The molecule has 6 heteroatoms. The second kappa shape index (κ2) is 3.89. The zero-order valence-corrected chi connectivity index (χ0v) is 9.22. The Morgan fingerprint density at radius 1 is 1.29 bits per heavy atom. The van der Waals surface area contributed by atoms with Crippen LogP contribution in [0.2, 0.25) is 0 Å². The summed E-state index contributed by atoms with van der Waals surface area (Å²) >= 11 is 1.21. The van der Waals surface area contributed by atoms with Gasteiger partial charge in [0.2, 0.25) is 0 Å². The van der Waals surface area contributed by atoms with Gasteiger partial charge in [-0.2, -0.15) is 0 Å². The van der Waals surface area contributed by atoms with Crippen LogP contribution in [0.4, 0.5) is 8.78 Å². The van der Waals surface area contributed by atoms with Crippen LogP contribution >= 0.6 is 11.8 Å². The van der Waals surface area contributed by atoms with E-state index in [1.54, 1.807) is 12.1 Å². The molecule has 0 aliphatic carbocycles. The van der Waals surface area contributed by atoms with Crippen LogP contribution in [0.1, 0.15) is 0 Å². The molecule has 0 aliphatic heterocycles. The van der Waals surface area contributed by atoms with Crippen LogP contribution in [0, 0.1) is 11.6 Å². The van der Waals surface area contributed by atoms with E-state index in [0.717, 1.165) is 6.07 Å². The molecule has 0 spiro atoms. The summed E-state index contributed by atoms with van der Waals surface area (Å²) < 4.78 is 31.5. The molecule has 0 fully saturated rings. The second-order valence-electron chi connectivity index (χ2n) is 3.36. The van der Waals surface area contributed by atoms with E-state index >= 15 is 0 Å². The summed E-state index contributed by atoms with van der Waals surface area (Å²) in [6, 6.07) is 5.52. The van der Waals surface area contributed by atoms with E-state index in [-0.39, 0.29) is 5.52 Å². The van der Waals surface area contributed by atoms with Gasteiger partial charge in [-0.25, -0.2) is 13.8 Å². The minimum atomic E-state index is -0.678. The standard InChI is InChI=1S/C11H6F2N2OS/c12-6-4-7(13)10-8(5-6)14-11(15-10)17-9-2-1-3-16-9/h1-5H,(H,14,15). The number of H-pyrrole nitrogens is 1. The summed E-state index contributed by atoms with van der Waals surface area (Å²) in [5, 5.41) is 1.09. The average Bonchev–Trinajstić information content (AvgIpc) is 2.87. The molecule has 17 heavy (non-hydrogen) atoms. The number of furan rings is 1. The predicted molar refractivity (Wildman–Crippen MR) is 58.8 cm³/mol. The number of benzene rings is 1. The van der Waals surface area contributed by atoms with Gasteiger partial charge in [0.15, 0.2) is 16.1 Å². The Hall–Kier alpha value is -1.82. The van der Waals surface area contributed by atoms with E-state index in [4.69, 9.17) is 4.42 Å². The van der Waals surface area contributed by atoms with Crippen molar-refractivity contribution in [1.29, 1.82) is 0 Å². The molecule has 0 saturated carbocycles. The van der Waals surface area contributed by atoms with Crippen molar-refractivity contribution in [3.05, 3.63) is 42.2 Å². The van der Waals surface area contributed by atoms with Gasteiger partial charge in [-0.05, 0) is 30.0 Å². The molecule has 1 aromatic carbocycles. The maximum atomic E-state index is 13.4. The van der Waals surface area contributed by atoms with Crippen LogP contribution in [0.5, 0.6) is 0 Å². The minimum absolute atomic E-state index is 0.125. The van der Waals surface area contributed by atoms with Crippen molar-refractivity contribution in [2.75, 3.05) is 0 Å². The molecular weight excluding hydrogens is 246 g/mol. The number of hydrogen-bond donors (Lipinski definition) is 1. The number of nitrogens with zero attached hydrogens (tertiary/aromatic N) is 1. The van der Waals surface area contributed by atoms with E-state index in [1.165, 1.54) is 24.1 Å². The quantitative estimate of drug-likeness (QED) is 0.757. The van der Waals surface area contributed by atoms with Gasteiger partial charge >= 0.3 is 0 Å². The lowest BCUT2D eigenvalue weighted by molar-refractivity contribution is 0.474. The Bertz CT molecular complexity index is 663. The minimum Gasteiger partial charge on any atom is -0.458 e. The normalized spacial score (nSPS) is 11.2. The SMILES string of the molecule is Fc1cc(F)c2nc(Sc3ccco3)[nH]c2c1. The molecule has 0 radical (unpaired) electrons. The lowest BCUT2D eigenvalue weighted by Crippen LogP contribution is -1.81. The first-order chi connectivity index (χ1) is 8.22. The number of halogens is 2. The van der Waals surface area contributed by atoms with Crippen molar-refractivity contribution in [3.63, 3.8) is 0 Å². The lowest BCUT2D eigenvalue weighted by Gasteiger charge is -1.90. The zero-order valence-electron chi connectivity index (χ0n) is 8.41. The molecule has 3 rings (SSSR count). The highest BCUT2D eigenvalue weighted by molar-refractivity contribution is 7.99. The van der Waals surface area contributed by atoms with Crippen LogP contribution in [0.15, 0.2) is 45.2 Å². The van der Waals surface area contributed by atoms with Crippen molar-refractivity contribution in [1.82, 2.24) is 9.97 Å². The molecule has 3 aromatic rings. The van der Waals surface area contributed by atoms with Gasteiger partial charge in [-0.15, -0.1) is 0 Å². The first-order valence-corrected chi connectivity index (χ1v) is 5.60. The molecule has 0 saturated heterocycles. The van der Waals surface area contributed by atoms with Gasteiger partial charge in [-0.1, -0.05) is 0 Å². The van der Waals surface area contributed by atoms with Crippen molar-refractivity contribution in [2.24, 2.45) is 0 Å². The van der Waals surface area contributed by atoms with E-state index in [2.05, 4.69) is 9.97 Å². The zero-order chi connectivity index (χ0) is 11.8. The van der Waals surface area contributed by atoms with Gasteiger partial charge in [0.05, 0.1) is 11.8 Å². The lowest BCUT2D eigenvalue weighted by atomic mass is 10.3. The van der Waals surface area contributed by atoms with E-state index in [1.807, 2.05) is 0 Å². The third-order valence-corrected chi connectivity index (χ3v) is 3.00. The second-order valence-corrected chi connectivity index (χ2v) is 4.35. The summed E-state index contributed by atoms with van der Waals surface area (Å²) in [6.45, 7) is 0. The summed E-state index contributed by atoms with van der Waals surface area (Å²) in [5.74, 6) is -1.31. The Morgan fingerprint density at radius 3 is 2.94 bits per heavy atom. The summed E-state index contributed by atoms with van der Waals surface area (Å²) in [7, 11) is 0. The molecule has 0 amide bonds. The molecule has 0 atom stereocenters. The fourth-order valence-electron chi connectivity index (χ4n) is 1.48. The topological polar surface area (TPSA) is 41.8 Å². The highest BCUT2D eigenvalue weighted by Crippen LogP contribution is 2.28. The first kappa shape index (κ1) is 10.3. The molecule has 1 N–H and O–H groups in total. The largest absolute Gasteiger partial charge is 0.458 e. The van der Waals surface area contributed by atoms with Gasteiger partial charge in [0, 0.05) is 6.07 Å². The Kier molecular flexibility index (Phi) is 2.36. The third kappa shape index (κ3) is 1.91. The molecule has 0 aliphatic rings. The number of hydrogen-bond acceptors (Lipinski definition) is 3. The average molecular weight is 252 g/mol. The fraction of sp³-hybridized carbons (Fsp3) is 0. The van der Waals surface area contributed by atoms with Crippen molar-refractivity contribution < 1.29 is 13.2 Å². The molecule has 3 nitrogen and oxygen atoms in total. The van der Waals surface area contributed by atoms with Crippen LogP contribution < -0.4 is 0 Å². The van der Waals surface area contributed by atoms with E-state index in [0.29, 0.717) is 15.8 Å². The van der Waals surface area contributed by atoms with Crippen LogP contribution in [-0.4, -0.2) is 9.97 Å². The number of nitrogens with one attached hydrogen (secondary N) is 1. The highest BCUT2D eigenvalue weighted by Gasteiger charge is 2.11. The molecule has 0 bridgehead atoms. The maximum Gasteiger partial charge on any atom is 0.174 e. The summed E-state index contributed by atoms with van der Waals surface area (Å²) in [6.07, 6.45) is 1.53. The third-order valence-electron chi connectivity index (χ3n) is 2.18. The van der Waals surface area contributed by atoms with Gasteiger partial charge in [0.1, 0.15) is 11.3 Å². The predicted octanol–water partition coefficient (Wildman–Crippen LogP) is 3.59. The van der Waals surface area contributed by atoms with Gasteiger partial charge < -0.3 is 9.40 Å². The number of imidazole rings is 1. The maximum absolute atomic E-state index is 13.4. The Balaban J connectivity index is 2.05. The van der Waals surface area contributed by atoms with Gasteiger partial charge in [-0.3, -0.25) is 0 Å². The number of fused-ring (bicyclic) bond motifs is 1. The van der Waals surface area contributed by atoms with Crippen LogP contribution in [-0.2, 0) is 0 Å². The van der Waals surface area contributed by atoms with E-state index in [9.17, 15) is 8.78 Å².